The van der Waals surface area contributed by atoms with Crippen LogP contribution < -0.4 is 21.7 Å². The lowest BCUT2D eigenvalue weighted by Crippen LogP contribution is -2.54. The Hall–Kier alpha value is -1.97. The maximum absolute atomic E-state index is 12.6. The lowest BCUT2D eigenvalue weighted by molar-refractivity contribution is -0.131. The maximum atomic E-state index is 12.6. The number of amides is 4. The highest BCUT2D eigenvalue weighted by Gasteiger charge is 2.26. The third-order valence-corrected chi connectivity index (χ3v) is 4.07. The van der Waals surface area contributed by atoms with Gasteiger partial charge in [0.2, 0.25) is 17.7 Å². The Morgan fingerprint density at radius 1 is 1.07 bits per heavy atom. The van der Waals surface area contributed by atoms with Gasteiger partial charge in [-0.1, -0.05) is 13.8 Å². The maximum Gasteiger partial charge on any atom is 0.408 e. The second kappa shape index (κ2) is 12.5. The van der Waals surface area contributed by atoms with Crippen molar-refractivity contribution in [1.82, 2.24) is 16.0 Å². The van der Waals surface area contributed by atoms with Gasteiger partial charge in [0.1, 0.15) is 24.2 Å². The number of ether oxygens (including phenoxy) is 1. The Morgan fingerprint density at radius 3 is 2.14 bits per heavy atom. The number of carbonyl (C=O) groups excluding carboxylic acids is 4. The van der Waals surface area contributed by atoms with Gasteiger partial charge in [-0.05, 0) is 51.5 Å². The molecule has 28 heavy (non-hydrogen) atoms. The van der Waals surface area contributed by atoms with Gasteiger partial charge in [-0.2, -0.15) is 11.8 Å². The van der Waals surface area contributed by atoms with E-state index in [1.807, 2.05) is 20.1 Å². The smallest absolute Gasteiger partial charge is 0.408 e. The van der Waals surface area contributed by atoms with Gasteiger partial charge in [0.05, 0.1) is 0 Å². The van der Waals surface area contributed by atoms with Crippen molar-refractivity contribution in [3.05, 3.63) is 0 Å². The molecule has 0 rings (SSSR count). The van der Waals surface area contributed by atoms with Crippen LogP contribution in [0, 0.1) is 5.92 Å². The SMILES string of the molecule is CSCC[C@H](NC(=O)[C@H](CC(C)C)NC(=O)CNC(=O)OC(C)(C)C)C(N)=O. The van der Waals surface area contributed by atoms with Crippen molar-refractivity contribution in [1.29, 1.82) is 0 Å². The van der Waals surface area contributed by atoms with Crippen molar-refractivity contribution in [2.24, 2.45) is 11.7 Å². The molecule has 9 nitrogen and oxygen atoms in total. The number of carbonyl (C=O) groups is 4. The average Bonchev–Trinajstić information content (AvgIpc) is 2.53. The summed E-state index contributed by atoms with van der Waals surface area (Å²) < 4.78 is 5.06. The van der Waals surface area contributed by atoms with Gasteiger partial charge in [0.25, 0.3) is 0 Å². The van der Waals surface area contributed by atoms with E-state index in [-0.39, 0.29) is 12.5 Å². The first-order valence-electron chi connectivity index (χ1n) is 9.20. The molecule has 0 aliphatic carbocycles. The summed E-state index contributed by atoms with van der Waals surface area (Å²) in [5.74, 6) is -0.859. The average molecular weight is 419 g/mol. The van der Waals surface area contributed by atoms with Crippen LogP contribution in [-0.2, 0) is 19.1 Å². The van der Waals surface area contributed by atoms with Gasteiger partial charge >= 0.3 is 6.09 Å². The van der Waals surface area contributed by atoms with Gasteiger partial charge < -0.3 is 26.4 Å². The first-order valence-corrected chi connectivity index (χ1v) is 10.6. The lowest BCUT2D eigenvalue weighted by Gasteiger charge is -2.23. The Kier molecular flexibility index (Phi) is 11.6. The monoisotopic (exact) mass is 418 g/mol. The van der Waals surface area contributed by atoms with E-state index in [4.69, 9.17) is 10.5 Å². The summed E-state index contributed by atoms with van der Waals surface area (Å²) in [6, 6.07) is -1.64. The number of hydrogen-bond donors (Lipinski definition) is 4. The van der Waals surface area contributed by atoms with E-state index < -0.39 is 41.5 Å². The molecule has 0 fully saturated rings. The van der Waals surface area contributed by atoms with E-state index in [2.05, 4.69) is 16.0 Å². The standard InChI is InChI=1S/C18H34N4O5S/c1-11(2)9-13(16(25)22-12(15(19)24)7-8-28-6)21-14(23)10-20-17(26)27-18(3,4)5/h11-13H,7-10H2,1-6H3,(H2,19,24)(H,20,26)(H,21,23)(H,22,25)/t12-,13-/m0/s1. The summed E-state index contributed by atoms with van der Waals surface area (Å²) in [5, 5.41) is 7.53. The molecule has 0 heterocycles. The molecule has 0 bridgehead atoms. The van der Waals surface area contributed by atoms with E-state index in [9.17, 15) is 19.2 Å². The highest BCUT2D eigenvalue weighted by molar-refractivity contribution is 7.98. The predicted molar refractivity (Wildman–Crippen MR) is 110 cm³/mol. The number of nitrogens with two attached hydrogens (primary N) is 1. The van der Waals surface area contributed by atoms with Crippen molar-refractivity contribution < 1.29 is 23.9 Å². The van der Waals surface area contributed by atoms with E-state index in [1.54, 1.807) is 20.8 Å². The van der Waals surface area contributed by atoms with Crippen molar-refractivity contribution in [2.75, 3.05) is 18.6 Å². The molecule has 5 N–H and O–H groups in total. The van der Waals surface area contributed by atoms with Gasteiger partial charge in [0, 0.05) is 0 Å². The molecule has 0 radical (unpaired) electrons. The second-order valence-electron chi connectivity index (χ2n) is 7.85. The van der Waals surface area contributed by atoms with Crippen LogP contribution in [0.15, 0.2) is 0 Å². The molecular weight excluding hydrogens is 384 g/mol. The van der Waals surface area contributed by atoms with Gasteiger partial charge in [-0.25, -0.2) is 4.79 Å². The fourth-order valence-electron chi connectivity index (χ4n) is 2.21. The number of primary amides is 1. The van der Waals surface area contributed by atoms with Crippen LogP contribution >= 0.6 is 11.8 Å². The van der Waals surface area contributed by atoms with Crippen LogP contribution in [0.2, 0.25) is 0 Å². The topological polar surface area (TPSA) is 140 Å². The number of thioether (sulfide) groups is 1. The first-order chi connectivity index (χ1) is 12.9. The number of rotatable bonds is 11. The van der Waals surface area contributed by atoms with Gasteiger partial charge in [-0.15, -0.1) is 0 Å². The fourth-order valence-corrected chi connectivity index (χ4v) is 2.68. The quantitative estimate of drug-likeness (QED) is 0.391. The molecule has 2 atom stereocenters. The van der Waals surface area contributed by atoms with Crippen molar-refractivity contribution in [3.8, 4) is 0 Å². The number of nitrogens with one attached hydrogen (secondary N) is 3. The third-order valence-electron chi connectivity index (χ3n) is 3.42. The van der Waals surface area contributed by atoms with Crippen LogP contribution in [0.25, 0.3) is 0 Å². The van der Waals surface area contributed by atoms with Gasteiger partial charge in [-0.3, -0.25) is 14.4 Å². The number of alkyl carbamates (subject to hydrolysis) is 1. The highest BCUT2D eigenvalue weighted by Crippen LogP contribution is 2.08. The molecule has 0 aliphatic rings. The van der Waals surface area contributed by atoms with Crippen molar-refractivity contribution in [3.63, 3.8) is 0 Å². The normalized spacial score (nSPS) is 13.4. The molecule has 0 aromatic rings. The zero-order valence-electron chi connectivity index (χ0n) is 17.6. The minimum atomic E-state index is -0.843. The molecule has 4 amide bonds. The largest absolute Gasteiger partial charge is 0.444 e. The molecule has 0 saturated heterocycles. The van der Waals surface area contributed by atoms with Crippen molar-refractivity contribution >= 4 is 35.6 Å². The summed E-state index contributed by atoms with van der Waals surface area (Å²) >= 11 is 1.54. The minimum Gasteiger partial charge on any atom is -0.444 e. The number of hydrogen-bond acceptors (Lipinski definition) is 6. The highest BCUT2D eigenvalue weighted by atomic mass is 32.2. The van der Waals surface area contributed by atoms with Crippen LogP contribution in [0.3, 0.4) is 0 Å². The first kappa shape index (κ1) is 26.0. The molecule has 10 heteroatoms. The third kappa shape index (κ3) is 12.4. The van der Waals surface area contributed by atoms with E-state index >= 15 is 0 Å². The Bertz CT molecular complexity index is 549. The summed E-state index contributed by atoms with van der Waals surface area (Å²) in [5.41, 5.74) is 4.67. The van der Waals surface area contributed by atoms with E-state index in [1.165, 1.54) is 11.8 Å². The molecule has 0 aromatic heterocycles. The predicted octanol–water partition coefficient (Wildman–Crippen LogP) is 0.765. The van der Waals surface area contributed by atoms with Crippen molar-refractivity contribution in [2.45, 2.75) is 65.1 Å². The molecule has 0 unspecified atom stereocenters. The van der Waals surface area contributed by atoms with E-state index in [0.29, 0.717) is 18.6 Å². The Morgan fingerprint density at radius 2 is 1.68 bits per heavy atom. The molecule has 0 aliphatic heterocycles. The van der Waals surface area contributed by atoms with Crippen LogP contribution in [0.1, 0.15) is 47.5 Å². The minimum absolute atomic E-state index is 0.119. The summed E-state index contributed by atoms with van der Waals surface area (Å²) in [6.45, 7) is 8.61. The Balaban J connectivity index is 4.83. The van der Waals surface area contributed by atoms with Crippen LogP contribution in [0.5, 0.6) is 0 Å². The molecule has 0 aromatic carbocycles. The zero-order chi connectivity index (χ0) is 21.9. The lowest BCUT2D eigenvalue weighted by atomic mass is 10.0. The second-order valence-corrected chi connectivity index (χ2v) is 8.84. The fraction of sp³-hybridized carbons (Fsp3) is 0.778. The van der Waals surface area contributed by atoms with Crippen LogP contribution in [-0.4, -0.2) is 60.1 Å². The zero-order valence-corrected chi connectivity index (χ0v) is 18.4. The Labute approximate surface area is 171 Å². The van der Waals surface area contributed by atoms with Crippen LogP contribution in [0.4, 0.5) is 4.79 Å². The molecule has 0 saturated carbocycles. The van der Waals surface area contributed by atoms with Gasteiger partial charge in [0.15, 0.2) is 0 Å². The summed E-state index contributed by atoms with van der Waals surface area (Å²) in [6.07, 6.45) is 1.95. The summed E-state index contributed by atoms with van der Waals surface area (Å²) in [7, 11) is 0. The molecular formula is C18H34N4O5S. The van der Waals surface area contributed by atoms with E-state index in [0.717, 1.165) is 0 Å². The summed E-state index contributed by atoms with van der Waals surface area (Å²) in [4.78, 5) is 47.9. The molecule has 0 spiro atoms. The molecule has 162 valence electrons.